The molecule has 10 heteroatoms. The molecule has 2 aromatic carbocycles. The molecule has 2 heterocycles. The van der Waals surface area contributed by atoms with Gasteiger partial charge in [-0.25, -0.2) is 9.18 Å². The van der Waals surface area contributed by atoms with E-state index in [1.807, 2.05) is 80.3 Å². The Morgan fingerprint density at radius 3 is 2.29 bits per heavy atom. The van der Waals surface area contributed by atoms with Crippen molar-refractivity contribution in [2.45, 2.75) is 56.9 Å². The summed E-state index contributed by atoms with van der Waals surface area (Å²) in [7, 11) is -2.27. The van der Waals surface area contributed by atoms with E-state index in [2.05, 4.69) is 10.9 Å². The number of anilines is 1. The molecule has 0 radical (unpaired) electrons. The number of aromatic nitrogens is 2. The fraction of sp³-hybridized carbons (Fsp3) is 0.357. The second-order valence-electron chi connectivity index (χ2n) is 10.1. The van der Waals surface area contributed by atoms with E-state index in [4.69, 9.17) is 30.8 Å². The first-order valence-electron chi connectivity index (χ1n) is 12.3. The second-order valence-corrected chi connectivity index (χ2v) is 14.6. The predicted molar refractivity (Wildman–Crippen MR) is 144 cm³/mol. The molecular weight excluding hydrogens is 505 g/mol. The number of nitrogens with zero attached hydrogens (tertiary/aromatic N) is 2. The Hall–Kier alpha value is -3.33. The summed E-state index contributed by atoms with van der Waals surface area (Å²) >= 11 is 0. The molecule has 0 unspecified atom stereocenters. The van der Waals surface area contributed by atoms with Crippen molar-refractivity contribution < 1.29 is 23.0 Å². The van der Waals surface area contributed by atoms with E-state index in [0.29, 0.717) is 0 Å². The van der Waals surface area contributed by atoms with Crippen LogP contribution in [0, 0.1) is 18.2 Å². The van der Waals surface area contributed by atoms with Gasteiger partial charge in [0.05, 0.1) is 26.0 Å². The lowest BCUT2D eigenvalue weighted by Crippen LogP contribution is -2.50. The number of nitrogens with two attached hydrogens (primary N) is 1. The average Bonchev–Trinajstić information content (AvgIpc) is 3.18. The van der Waals surface area contributed by atoms with Crippen LogP contribution in [0.1, 0.15) is 17.4 Å². The van der Waals surface area contributed by atoms with Crippen LogP contribution in [0.15, 0.2) is 71.7 Å². The predicted octanol–water partition coefficient (Wildman–Crippen LogP) is 3.89. The number of terminal acetylenes is 1. The lowest BCUT2D eigenvalue weighted by Gasteiger charge is -2.33. The Morgan fingerprint density at radius 2 is 1.71 bits per heavy atom. The largest absolute Gasteiger partial charge is 0.407 e. The Kier molecular flexibility index (Phi) is 8.45. The summed E-state index contributed by atoms with van der Waals surface area (Å²) in [4.78, 5) is 16.4. The number of halogens is 1. The maximum Gasteiger partial charge on any atom is 0.351 e. The van der Waals surface area contributed by atoms with E-state index in [9.17, 15) is 9.18 Å². The SMILES string of the molecule is C#C[C@]1(COCc2ccccc2)O[C@@H](n2cc(F)c(N)nc2=O)[C@@H](O[Si](C)(C)C)[C@@H]1OCc1ccccc1. The third-order valence-corrected chi connectivity index (χ3v) is 6.99. The maximum absolute atomic E-state index is 14.5. The van der Waals surface area contributed by atoms with Gasteiger partial charge in [-0.2, -0.15) is 4.98 Å². The van der Waals surface area contributed by atoms with E-state index in [1.165, 1.54) is 0 Å². The van der Waals surface area contributed by atoms with Crippen molar-refractivity contribution in [2.75, 3.05) is 12.3 Å². The first-order valence-corrected chi connectivity index (χ1v) is 15.7. The van der Waals surface area contributed by atoms with Gasteiger partial charge in [-0.3, -0.25) is 4.57 Å². The van der Waals surface area contributed by atoms with Crippen molar-refractivity contribution in [2.24, 2.45) is 0 Å². The van der Waals surface area contributed by atoms with Gasteiger partial charge in [-0.1, -0.05) is 66.6 Å². The van der Waals surface area contributed by atoms with Gasteiger partial charge in [0, 0.05) is 0 Å². The standard InChI is InChI=1S/C28H32FN3O5Si/c1-5-28(19-34-17-20-12-8-6-9-13-20)24(35-18-21-14-10-7-11-15-21)23(37-38(2,3)4)26(36-28)32-16-22(29)25(30)31-27(32)33/h1,6-16,23-24,26H,17-19H2,2-4H3,(H2,30,31,33)/t23-,24-,26+,28+/m0/s1. The van der Waals surface area contributed by atoms with E-state index in [0.717, 1.165) is 21.9 Å². The van der Waals surface area contributed by atoms with Gasteiger partial charge < -0.3 is 24.4 Å². The van der Waals surface area contributed by atoms with E-state index in [1.54, 1.807) is 0 Å². The first kappa shape index (κ1) is 27.7. The quantitative estimate of drug-likeness (QED) is 0.310. The minimum absolute atomic E-state index is 0.0560. The molecule has 0 saturated carbocycles. The molecule has 1 aliphatic heterocycles. The zero-order valence-corrected chi connectivity index (χ0v) is 22.7. The lowest BCUT2D eigenvalue weighted by molar-refractivity contribution is -0.124. The fourth-order valence-corrected chi connectivity index (χ4v) is 5.36. The van der Waals surface area contributed by atoms with Crippen molar-refractivity contribution in [3.8, 4) is 12.3 Å². The van der Waals surface area contributed by atoms with Crippen LogP contribution in [0.5, 0.6) is 0 Å². The van der Waals surface area contributed by atoms with E-state index < -0.39 is 49.7 Å². The molecule has 4 rings (SSSR count). The highest BCUT2D eigenvalue weighted by Gasteiger charge is 2.58. The Balaban J connectivity index is 1.72. The van der Waals surface area contributed by atoms with Crippen LogP contribution in [-0.2, 0) is 31.9 Å². The molecule has 1 saturated heterocycles. The maximum atomic E-state index is 14.5. The highest BCUT2D eigenvalue weighted by Crippen LogP contribution is 2.42. The molecule has 200 valence electrons. The Morgan fingerprint density at radius 1 is 1.11 bits per heavy atom. The van der Waals surface area contributed by atoms with Crippen LogP contribution in [0.2, 0.25) is 19.6 Å². The third-order valence-electron chi connectivity index (χ3n) is 6.01. The molecule has 4 atom stereocenters. The number of hydrogen-bond acceptors (Lipinski definition) is 7. The zero-order chi connectivity index (χ0) is 27.3. The molecule has 2 N–H and O–H groups in total. The number of hydrogen-bond donors (Lipinski definition) is 1. The van der Waals surface area contributed by atoms with Gasteiger partial charge in [0.15, 0.2) is 31.8 Å². The summed E-state index contributed by atoms with van der Waals surface area (Å²) in [5.41, 5.74) is 5.14. The summed E-state index contributed by atoms with van der Waals surface area (Å²) in [6.45, 7) is 6.40. The van der Waals surface area contributed by atoms with Crippen LogP contribution in [0.25, 0.3) is 0 Å². The third kappa shape index (κ3) is 6.38. The minimum Gasteiger partial charge on any atom is -0.407 e. The molecular formula is C28H32FN3O5Si. The molecule has 8 nitrogen and oxygen atoms in total. The van der Waals surface area contributed by atoms with Gasteiger partial charge in [-0.15, -0.1) is 6.42 Å². The highest BCUT2D eigenvalue weighted by atomic mass is 28.4. The van der Waals surface area contributed by atoms with Gasteiger partial charge in [0.1, 0.15) is 12.2 Å². The number of nitrogen functional groups attached to an aromatic ring is 1. The van der Waals surface area contributed by atoms with Gasteiger partial charge in [-0.05, 0) is 30.8 Å². The Labute approximate surface area is 222 Å². The van der Waals surface area contributed by atoms with Crippen LogP contribution in [-0.4, -0.2) is 42.3 Å². The zero-order valence-electron chi connectivity index (χ0n) is 21.7. The molecule has 0 amide bonds. The number of rotatable bonds is 10. The van der Waals surface area contributed by atoms with E-state index in [-0.39, 0.29) is 19.8 Å². The topological polar surface area (TPSA) is 97.8 Å². The normalized spacial score (nSPS) is 23.3. The second kappa shape index (κ2) is 11.6. The van der Waals surface area contributed by atoms with Gasteiger partial charge >= 0.3 is 5.69 Å². The monoisotopic (exact) mass is 537 g/mol. The van der Waals surface area contributed by atoms with Crippen LogP contribution < -0.4 is 11.4 Å². The van der Waals surface area contributed by atoms with Crippen LogP contribution in [0.4, 0.5) is 10.2 Å². The molecule has 38 heavy (non-hydrogen) atoms. The van der Waals surface area contributed by atoms with Gasteiger partial charge in [0.2, 0.25) is 0 Å². The molecule has 1 aliphatic rings. The summed E-state index contributed by atoms with van der Waals surface area (Å²) in [6.07, 6.45) is 4.21. The van der Waals surface area contributed by atoms with Crippen molar-refractivity contribution in [3.63, 3.8) is 0 Å². The minimum atomic E-state index is -2.27. The van der Waals surface area contributed by atoms with E-state index >= 15 is 0 Å². The highest BCUT2D eigenvalue weighted by molar-refractivity contribution is 6.69. The molecule has 0 spiro atoms. The molecule has 0 aliphatic carbocycles. The molecule has 0 bridgehead atoms. The van der Waals surface area contributed by atoms with Gasteiger partial charge in [0.25, 0.3) is 0 Å². The number of benzene rings is 2. The molecule has 3 aromatic rings. The van der Waals surface area contributed by atoms with Crippen molar-refractivity contribution >= 4 is 14.1 Å². The summed E-state index contributed by atoms with van der Waals surface area (Å²) in [5.74, 6) is 1.36. The summed E-state index contributed by atoms with van der Waals surface area (Å²) < 4.78 is 40.8. The van der Waals surface area contributed by atoms with Crippen molar-refractivity contribution in [1.29, 1.82) is 0 Å². The van der Waals surface area contributed by atoms with Crippen molar-refractivity contribution in [3.05, 3.63) is 94.3 Å². The smallest absolute Gasteiger partial charge is 0.351 e. The summed E-state index contributed by atoms with van der Waals surface area (Å²) in [6, 6.07) is 19.2. The fourth-order valence-electron chi connectivity index (χ4n) is 4.31. The van der Waals surface area contributed by atoms with Crippen LogP contribution >= 0.6 is 0 Å². The van der Waals surface area contributed by atoms with Crippen molar-refractivity contribution in [1.82, 2.24) is 9.55 Å². The van der Waals surface area contributed by atoms with Crippen LogP contribution in [0.3, 0.4) is 0 Å². The first-order chi connectivity index (χ1) is 18.1. The average molecular weight is 538 g/mol. The summed E-state index contributed by atoms with van der Waals surface area (Å²) in [5, 5.41) is 0. The molecule has 1 fully saturated rings. The Bertz CT molecular complexity index is 1330. The molecule has 1 aromatic heterocycles. The lowest BCUT2D eigenvalue weighted by atomic mass is 9.96. The number of ether oxygens (including phenoxy) is 3.